The summed E-state index contributed by atoms with van der Waals surface area (Å²) in [4.78, 5) is 16.9. The molecule has 0 saturated heterocycles. The van der Waals surface area contributed by atoms with Crippen molar-refractivity contribution in [3.05, 3.63) is 29.8 Å². The van der Waals surface area contributed by atoms with Gasteiger partial charge in [0, 0.05) is 18.2 Å². The molecule has 3 heterocycles. The Bertz CT molecular complexity index is 542. The number of rotatable bonds is 2. The number of fused-ring (bicyclic) bond motifs is 1. The highest BCUT2D eigenvalue weighted by atomic mass is 16.5. The third-order valence-electron chi connectivity index (χ3n) is 2.77. The first-order valence-electron chi connectivity index (χ1n) is 5.59. The molecular formula is C11H12N6O. The maximum atomic E-state index is 5.49. The first-order chi connectivity index (χ1) is 8.88. The maximum Gasteiger partial charge on any atom is 0.180 e. The van der Waals surface area contributed by atoms with Gasteiger partial charge in [0.15, 0.2) is 5.82 Å². The van der Waals surface area contributed by atoms with Gasteiger partial charge in [-0.05, 0) is 6.07 Å². The van der Waals surface area contributed by atoms with Crippen LogP contribution in [0, 0.1) is 0 Å². The normalized spacial score (nSPS) is 14.1. The summed E-state index contributed by atoms with van der Waals surface area (Å²) in [6.45, 7) is 1.15. The van der Waals surface area contributed by atoms with Crippen molar-refractivity contribution in [1.29, 1.82) is 0 Å². The van der Waals surface area contributed by atoms with Gasteiger partial charge in [-0.25, -0.2) is 25.8 Å². The zero-order chi connectivity index (χ0) is 12.4. The van der Waals surface area contributed by atoms with Gasteiger partial charge in [0.2, 0.25) is 0 Å². The van der Waals surface area contributed by atoms with E-state index in [9.17, 15) is 0 Å². The van der Waals surface area contributed by atoms with E-state index in [2.05, 4.69) is 25.4 Å². The zero-order valence-corrected chi connectivity index (χ0v) is 9.63. The lowest BCUT2D eigenvalue weighted by Gasteiger charge is -2.18. The van der Waals surface area contributed by atoms with E-state index in [1.165, 1.54) is 6.33 Å². The van der Waals surface area contributed by atoms with Gasteiger partial charge in [-0.3, -0.25) is 0 Å². The summed E-state index contributed by atoms with van der Waals surface area (Å²) in [5.74, 6) is 6.63. The van der Waals surface area contributed by atoms with E-state index in [1.807, 2.05) is 0 Å². The summed E-state index contributed by atoms with van der Waals surface area (Å²) >= 11 is 0. The molecule has 0 fully saturated rings. The first kappa shape index (κ1) is 11.0. The number of nitrogens with zero attached hydrogens (tertiary/aromatic N) is 4. The van der Waals surface area contributed by atoms with Crippen LogP contribution >= 0.6 is 0 Å². The van der Waals surface area contributed by atoms with Crippen molar-refractivity contribution in [1.82, 2.24) is 19.9 Å². The van der Waals surface area contributed by atoms with Crippen LogP contribution in [0.1, 0.15) is 11.3 Å². The summed E-state index contributed by atoms with van der Waals surface area (Å²) in [6, 6.07) is 1.77. The van der Waals surface area contributed by atoms with Crippen LogP contribution in [0.3, 0.4) is 0 Å². The number of nitrogens with one attached hydrogen (secondary N) is 1. The Labute approximate surface area is 103 Å². The van der Waals surface area contributed by atoms with Crippen LogP contribution in [0.15, 0.2) is 18.6 Å². The van der Waals surface area contributed by atoms with Gasteiger partial charge in [-0.2, -0.15) is 0 Å². The molecule has 0 aromatic carbocycles. The lowest BCUT2D eigenvalue weighted by Crippen LogP contribution is -2.19. The molecule has 7 nitrogen and oxygen atoms in total. The van der Waals surface area contributed by atoms with Crippen LogP contribution < -0.4 is 11.3 Å². The SMILES string of the molecule is NNc1nc(-c2ccncn2)nc2c1COCC2. The fourth-order valence-electron chi connectivity index (χ4n) is 1.89. The molecule has 0 saturated carbocycles. The number of aromatic nitrogens is 4. The highest BCUT2D eigenvalue weighted by Gasteiger charge is 2.18. The summed E-state index contributed by atoms with van der Waals surface area (Å²) in [5.41, 5.74) is 5.14. The van der Waals surface area contributed by atoms with Crippen LogP contribution in [0.5, 0.6) is 0 Å². The predicted octanol–water partition coefficient (Wildman–Crippen LogP) is 0.292. The van der Waals surface area contributed by atoms with Gasteiger partial charge in [-0.15, -0.1) is 0 Å². The van der Waals surface area contributed by atoms with E-state index in [0.29, 0.717) is 30.5 Å². The molecule has 7 heteroatoms. The van der Waals surface area contributed by atoms with Crippen molar-refractivity contribution in [3.63, 3.8) is 0 Å². The van der Waals surface area contributed by atoms with Crippen molar-refractivity contribution in [2.24, 2.45) is 5.84 Å². The smallest absolute Gasteiger partial charge is 0.180 e. The van der Waals surface area contributed by atoms with E-state index in [0.717, 1.165) is 17.7 Å². The van der Waals surface area contributed by atoms with Crippen LogP contribution in [-0.2, 0) is 17.8 Å². The number of hydrazine groups is 1. The summed E-state index contributed by atoms with van der Waals surface area (Å²) in [6.07, 6.45) is 3.88. The summed E-state index contributed by atoms with van der Waals surface area (Å²) in [7, 11) is 0. The number of nitrogen functional groups attached to an aromatic ring is 1. The highest BCUT2D eigenvalue weighted by Crippen LogP contribution is 2.24. The first-order valence-corrected chi connectivity index (χ1v) is 5.59. The molecule has 0 radical (unpaired) electrons. The summed E-state index contributed by atoms with van der Waals surface area (Å²) in [5, 5.41) is 0. The molecule has 0 unspecified atom stereocenters. The van der Waals surface area contributed by atoms with E-state index >= 15 is 0 Å². The molecule has 0 bridgehead atoms. The maximum absolute atomic E-state index is 5.49. The second-order valence-corrected chi connectivity index (χ2v) is 3.86. The summed E-state index contributed by atoms with van der Waals surface area (Å²) < 4.78 is 5.38. The van der Waals surface area contributed by atoms with Crippen molar-refractivity contribution in [2.45, 2.75) is 13.0 Å². The number of ether oxygens (including phenoxy) is 1. The lowest BCUT2D eigenvalue weighted by molar-refractivity contribution is 0.109. The van der Waals surface area contributed by atoms with Crippen LogP contribution in [0.4, 0.5) is 5.82 Å². The lowest BCUT2D eigenvalue weighted by atomic mass is 10.1. The molecule has 1 aliphatic heterocycles. The molecular weight excluding hydrogens is 232 g/mol. The van der Waals surface area contributed by atoms with Gasteiger partial charge >= 0.3 is 0 Å². The largest absolute Gasteiger partial charge is 0.376 e. The Balaban J connectivity index is 2.12. The van der Waals surface area contributed by atoms with Crippen molar-refractivity contribution < 1.29 is 4.74 Å². The number of anilines is 1. The molecule has 1 aliphatic rings. The molecule has 0 amide bonds. The third kappa shape index (κ3) is 1.89. The molecule has 2 aromatic heterocycles. The topological polar surface area (TPSA) is 98.8 Å². The molecule has 0 aliphatic carbocycles. The Kier molecular flexibility index (Phi) is 2.83. The minimum absolute atomic E-state index is 0.485. The molecule has 3 rings (SSSR count). The Morgan fingerprint density at radius 2 is 2.28 bits per heavy atom. The molecule has 0 atom stereocenters. The fraction of sp³-hybridized carbons (Fsp3) is 0.273. The molecule has 2 aromatic rings. The van der Waals surface area contributed by atoms with E-state index in [4.69, 9.17) is 10.6 Å². The molecule has 18 heavy (non-hydrogen) atoms. The highest BCUT2D eigenvalue weighted by molar-refractivity contribution is 5.56. The average molecular weight is 244 g/mol. The van der Waals surface area contributed by atoms with Crippen molar-refractivity contribution in [3.8, 4) is 11.5 Å². The standard InChI is InChI=1S/C11H12N6O/c12-17-10-7-5-18-4-2-8(7)15-11(16-10)9-1-3-13-6-14-9/h1,3,6H,2,4-5,12H2,(H,15,16,17). The fourth-order valence-corrected chi connectivity index (χ4v) is 1.89. The van der Waals surface area contributed by atoms with Crippen molar-refractivity contribution in [2.75, 3.05) is 12.0 Å². The van der Waals surface area contributed by atoms with Crippen LogP contribution in [-0.4, -0.2) is 26.5 Å². The quantitative estimate of drug-likeness (QED) is 0.578. The van der Waals surface area contributed by atoms with Crippen LogP contribution in [0.2, 0.25) is 0 Å². The number of nitrogens with two attached hydrogens (primary N) is 1. The zero-order valence-electron chi connectivity index (χ0n) is 9.63. The minimum atomic E-state index is 0.485. The second-order valence-electron chi connectivity index (χ2n) is 3.86. The van der Waals surface area contributed by atoms with E-state index in [1.54, 1.807) is 12.3 Å². The minimum Gasteiger partial charge on any atom is -0.376 e. The van der Waals surface area contributed by atoms with Gasteiger partial charge in [-0.1, -0.05) is 0 Å². The van der Waals surface area contributed by atoms with Gasteiger partial charge in [0.25, 0.3) is 0 Å². The molecule has 3 N–H and O–H groups in total. The molecule has 92 valence electrons. The Morgan fingerprint density at radius 1 is 1.33 bits per heavy atom. The monoisotopic (exact) mass is 244 g/mol. The second kappa shape index (κ2) is 4.63. The Hall–Kier alpha value is -2.12. The van der Waals surface area contributed by atoms with Gasteiger partial charge in [0.1, 0.15) is 17.8 Å². The van der Waals surface area contributed by atoms with Crippen molar-refractivity contribution >= 4 is 5.82 Å². The Morgan fingerprint density at radius 3 is 3.06 bits per heavy atom. The number of hydrogen-bond acceptors (Lipinski definition) is 7. The predicted molar refractivity (Wildman–Crippen MR) is 64.2 cm³/mol. The van der Waals surface area contributed by atoms with E-state index in [-0.39, 0.29) is 0 Å². The van der Waals surface area contributed by atoms with E-state index < -0.39 is 0 Å². The van der Waals surface area contributed by atoms with Crippen LogP contribution in [0.25, 0.3) is 11.5 Å². The van der Waals surface area contributed by atoms with Gasteiger partial charge < -0.3 is 10.2 Å². The van der Waals surface area contributed by atoms with Gasteiger partial charge in [0.05, 0.1) is 18.9 Å². The average Bonchev–Trinajstić information content (AvgIpc) is 2.47. The third-order valence-corrected chi connectivity index (χ3v) is 2.77. The number of hydrogen-bond donors (Lipinski definition) is 2. The molecule has 0 spiro atoms.